The summed E-state index contributed by atoms with van der Waals surface area (Å²) in [4.78, 5) is 19.8. The normalized spacial score (nSPS) is 10.9. The summed E-state index contributed by atoms with van der Waals surface area (Å²) >= 11 is 0. The van der Waals surface area contributed by atoms with Crippen LogP contribution in [0.1, 0.15) is 23.4 Å². The van der Waals surface area contributed by atoms with Gasteiger partial charge in [-0.3, -0.25) is 4.79 Å². The molecule has 0 unspecified atom stereocenters. The molecule has 124 valence electrons. The maximum absolute atomic E-state index is 12.1. The third kappa shape index (κ3) is 4.00. The number of carbonyl (C=O) groups excluding carboxylic acids is 1. The second-order valence-corrected chi connectivity index (χ2v) is 5.68. The number of carbonyl (C=O) groups is 1. The molecule has 1 heterocycles. The molecule has 24 heavy (non-hydrogen) atoms. The van der Waals surface area contributed by atoms with E-state index in [0.29, 0.717) is 26.0 Å². The molecule has 0 aliphatic rings. The molecule has 0 fully saturated rings. The van der Waals surface area contributed by atoms with Gasteiger partial charge in [0.2, 0.25) is 5.91 Å². The summed E-state index contributed by atoms with van der Waals surface area (Å²) in [5.41, 5.74) is 4.11. The zero-order chi connectivity index (χ0) is 16.8. The van der Waals surface area contributed by atoms with E-state index < -0.39 is 0 Å². The van der Waals surface area contributed by atoms with Gasteiger partial charge in [-0.15, -0.1) is 0 Å². The third-order valence-electron chi connectivity index (χ3n) is 3.92. The van der Waals surface area contributed by atoms with Gasteiger partial charge in [0.25, 0.3) is 0 Å². The Hall–Kier alpha value is -2.66. The highest BCUT2D eigenvalue weighted by molar-refractivity contribution is 5.77. The van der Waals surface area contributed by atoms with Crippen molar-refractivity contribution in [3.05, 3.63) is 65.5 Å². The first-order valence-corrected chi connectivity index (χ1v) is 8.02. The number of amides is 1. The molecule has 5 nitrogen and oxygen atoms in total. The number of nitrogens with one attached hydrogen (secondary N) is 2. The van der Waals surface area contributed by atoms with Crippen LogP contribution in [0.4, 0.5) is 0 Å². The number of imidazole rings is 1. The molecule has 2 N–H and O–H groups in total. The topological polar surface area (TPSA) is 67.0 Å². The van der Waals surface area contributed by atoms with Gasteiger partial charge in [0, 0.05) is 26.5 Å². The van der Waals surface area contributed by atoms with E-state index in [9.17, 15) is 4.79 Å². The number of aromatic nitrogens is 2. The van der Waals surface area contributed by atoms with E-state index in [4.69, 9.17) is 4.74 Å². The van der Waals surface area contributed by atoms with Crippen molar-refractivity contribution in [2.75, 3.05) is 7.11 Å². The van der Waals surface area contributed by atoms with Crippen molar-refractivity contribution in [2.24, 2.45) is 0 Å². The molecule has 0 saturated heterocycles. The Bertz CT molecular complexity index is 793. The standard InChI is InChI=1S/C19H21N3O2/c1-24-13-15-7-3-2-6-14(15)12-20-19(23)11-10-18-21-16-8-4-5-9-17(16)22-18/h2-9H,10-13H2,1H3,(H,20,23)(H,21,22). The molecule has 1 amide bonds. The van der Waals surface area contributed by atoms with Gasteiger partial charge in [0.05, 0.1) is 17.6 Å². The van der Waals surface area contributed by atoms with Crippen LogP contribution in [0.3, 0.4) is 0 Å². The number of rotatable bonds is 7. The highest BCUT2D eigenvalue weighted by Crippen LogP contribution is 2.12. The Morgan fingerprint density at radius 2 is 1.88 bits per heavy atom. The minimum Gasteiger partial charge on any atom is -0.380 e. The first-order chi connectivity index (χ1) is 11.8. The largest absolute Gasteiger partial charge is 0.380 e. The van der Waals surface area contributed by atoms with E-state index >= 15 is 0 Å². The van der Waals surface area contributed by atoms with Crippen molar-refractivity contribution < 1.29 is 9.53 Å². The summed E-state index contributed by atoms with van der Waals surface area (Å²) in [5, 5.41) is 2.97. The number of H-pyrrole nitrogens is 1. The zero-order valence-electron chi connectivity index (χ0n) is 13.7. The lowest BCUT2D eigenvalue weighted by Crippen LogP contribution is -2.23. The highest BCUT2D eigenvalue weighted by atomic mass is 16.5. The molecule has 0 spiro atoms. The lowest BCUT2D eigenvalue weighted by atomic mass is 10.1. The fraction of sp³-hybridized carbons (Fsp3) is 0.263. The van der Waals surface area contributed by atoms with Gasteiger partial charge in [0.1, 0.15) is 5.82 Å². The Labute approximate surface area is 141 Å². The number of aryl methyl sites for hydroxylation is 1. The van der Waals surface area contributed by atoms with Crippen LogP contribution < -0.4 is 5.32 Å². The van der Waals surface area contributed by atoms with Crippen molar-refractivity contribution in [3.8, 4) is 0 Å². The van der Waals surface area contributed by atoms with Gasteiger partial charge >= 0.3 is 0 Å². The lowest BCUT2D eigenvalue weighted by Gasteiger charge is -2.09. The number of methoxy groups -OCH3 is 1. The second kappa shape index (κ2) is 7.75. The lowest BCUT2D eigenvalue weighted by molar-refractivity contribution is -0.121. The summed E-state index contributed by atoms with van der Waals surface area (Å²) in [7, 11) is 1.67. The number of fused-ring (bicyclic) bond motifs is 1. The molecular weight excluding hydrogens is 302 g/mol. The average molecular weight is 323 g/mol. The SMILES string of the molecule is COCc1ccccc1CNC(=O)CCc1nc2ccccc2[nH]1. The predicted octanol–water partition coefficient (Wildman–Crippen LogP) is 2.96. The van der Waals surface area contributed by atoms with E-state index in [1.807, 2.05) is 48.5 Å². The molecule has 2 aromatic carbocycles. The third-order valence-corrected chi connectivity index (χ3v) is 3.92. The van der Waals surface area contributed by atoms with Crippen LogP contribution in [-0.2, 0) is 29.1 Å². The maximum Gasteiger partial charge on any atom is 0.220 e. The van der Waals surface area contributed by atoms with Crippen LogP contribution in [0.15, 0.2) is 48.5 Å². The van der Waals surface area contributed by atoms with Crippen molar-refractivity contribution in [1.82, 2.24) is 15.3 Å². The number of benzene rings is 2. The number of aromatic amines is 1. The molecule has 0 bridgehead atoms. The van der Waals surface area contributed by atoms with E-state index in [1.165, 1.54) is 0 Å². The molecule has 0 saturated carbocycles. The Morgan fingerprint density at radius 3 is 2.67 bits per heavy atom. The van der Waals surface area contributed by atoms with Crippen LogP contribution in [0.2, 0.25) is 0 Å². The van der Waals surface area contributed by atoms with Crippen LogP contribution in [0.25, 0.3) is 11.0 Å². The van der Waals surface area contributed by atoms with Crippen molar-refractivity contribution >= 4 is 16.9 Å². The molecule has 0 aliphatic carbocycles. The Kier molecular flexibility index (Phi) is 5.23. The van der Waals surface area contributed by atoms with Crippen molar-refractivity contribution in [2.45, 2.75) is 26.0 Å². The second-order valence-electron chi connectivity index (χ2n) is 5.68. The summed E-state index contributed by atoms with van der Waals surface area (Å²) in [6.07, 6.45) is 1.01. The first-order valence-electron chi connectivity index (χ1n) is 8.02. The van der Waals surface area contributed by atoms with Crippen molar-refractivity contribution in [3.63, 3.8) is 0 Å². The smallest absolute Gasteiger partial charge is 0.220 e. The van der Waals surface area contributed by atoms with Crippen molar-refractivity contribution in [1.29, 1.82) is 0 Å². The van der Waals surface area contributed by atoms with Crippen LogP contribution in [-0.4, -0.2) is 23.0 Å². The molecule has 3 rings (SSSR count). The molecule has 0 aliphatic heterocycles. The fourth-order valence-electron chi connectivity index (χ4n) is 2.66. The molecule has 0 atom stereocenters. The Balaban J connectivity index is 1.52. The number of hydrogen-bond acceptors (Lipinski definition) is 3. The zero-order valence-corrected chi connectivity index (χ0v) is 13.7. The van der Waals surface area contributed by atoms with Crippen LogP contribution >= 0.6 is 0 Å². The highest BCUT2D eigenvalue weighted by Gasteiger charge is 2.07. The minimum absolute atomic E-state index is 0.0164. The van der Waals surface area contributed by atoms with Gasteiger partial charge in [-0.05, 0) is 23.3 Å². The van der Waals surface area contributed by atoms with Gasteiger partial charge in [-0.25, -0.2) is 4.98 Å². The number of nitrogens with zero attached hydrogens (tertiary/aromatic N) is 1. The monoisotopic (exact) mass is 323 g/mol. The average Bonchev–Trinajstić information content (AvgIpc) is 3.02. The van der Waals surface area contributed by atoms with Gasteiger partial charge in [-0.2, -0.15) is 0 Å². The van der Waals surface area contributed by atoms with E-state index in [1.54, 1.807) is 7.11 Å². The molecular formula is C19H21N3O2. The minimum atomic E-state index is 0.0164. The molecule has 5 heteroatoms. The summed E-state index contributed by atoms with van der Waals surface area (Å²) in [6, 6.07) is 15.8. The molecule has 3 aromatic rings. The summed E-state index contributed by atoms with van der Waals surface area (Å²) < 4.78 is 5.18. The number of ether oxygens (including phenoxy) is 1. The van der Waals surface area contributed by atoms with E-state index in [-0.39, 0.29) is 5.91 Å². The first kappa shape index (κ1) is 16.2. The predicted molar refractivity (Wildman–Crippen MR) is 93.4 cm³/mol. The maximum atomic E-state index is 12.1. The van der Waals surface area contributed by atoms with E-state index in [2.05, 4.69) is 15.3 Å². The Morgan fingerprint density at radius 1 is 1.12 bits per heavy atom. The summed E-state index contributed by atoms with van der Waals surface area (Å²) in [5.74, 6) is 0.855. The van der Waals surface area contributed by atoms with Crippen LogP contribution in [0.5, 0.6) is 0 Å². The van der Waals surface area contributed by atoms with Gasteiger partial charge in [0.15, 0.2) is 0 Å². The number of hydrogen-bond donors (Lipinski definition) is 2. The summed E-state index contributed by atoms with van der Waals surface area (Å²) in [6.45, 7) is 1.06. The quantitative estimate of drug-likeness (QED) is 0.702. The van der Waals surface area contributed by atoms with Crippen LogP contribution in [0, 0.1) is 0 Å². The number of para-hydroxylation sites is 2. The van der Waals surface area contributed by atoms with E-state index in [0.717, 1.165) is 28.0 Å². The van der Waals surface area contributed by atoms with Gasteiger partial charge in [-0.1, -0.05) is 36.4 Å². The fourth-order valence-corrected chi connectivity index (χ4v) is 2.66. The molecule has 0 radical (unpaired) electrons. The van der Waals surface area contributed by atoms with Gasteiger partial charge < -0.3 is 15.0 Å². The molecule has 1 aromatic heterocycles.